The number of aryl methyl sites for hydroxylation is 2. The zero-order chi connectivity index (χ0) is 17.1. The third-order valence-electron chi connectivity index (χ3n) is 3.86. The van der Waals surface area contributed by atoms with Gasteiger partial charge in [0.25, 0.3) is 11.7 Å². The lowest BCUT2D eigenvalue weighted by atomic mass is 10.1. The van der Waals surface area contributed by atoms with Crippen LogP contribution in [0.1, 0.15) is 34.2 Å². The molecule has 0 atom stereocenters. The summed E-state index contributed by atoms with van der Waals surface area (Å²) in [6.45, 7) is 5.80. The monoisotopic (exact) mass is 317 g/mol. The number of carbonyl (C=O) groups is 2. The molecule has 0 unspecified atom stereocenters. The van der Waals surface area contributed by atoms with Gasteiger partial charge in [0.2, 0.25) is 0 Å². The van der Waals surface area contributed by atoms with Crippen LogP contribution in [0.2, 0.25) is 0 Å². The van der Waals surface area contributed by atoms with Crippen molar-refractivity contribution in [2.24, 2.45) is 7.05 Å². The van der Waals surface area contributed by atoms with Gasteiger partial charge in [0.15, 0.2) is 0 Å². The molecular weight excluding hydrogens is 297 g/mol. The lowest BCUT2D eigenvalue weighted by Gasteiger charge is -2.20. The van der Waals surface area contributed by atoms with Crippen LogP contribution in [0.25, 0.3) is 0 Å². The second-order valence-electron chi connectivity index (χ2n) is 5.45. The normalized spacial score (nSPS) is 10.7. The smallest absolute Gasteiger partial charge is 0.295 e. The molecule has 1 amide bonds. The summed E-state index contributed by atoms with van der Waals surface area (Å²) in [7, 11) is 1.73. The molecule has 0 aliphatic heterocycles. The predicted molar refractivity (Wildman–Crippen MR) is 84.5 cm³/mol. The van der Waals surface area contributed by atoms with Gasteiger partial charge in [-0.2, -0.15) is 5.10 Å². The van der Waals surface area contributed by atoms with Crippen LogP contribution in [-0.2, 0) is 18.4 Å². The van der Waals surface area contributed by atoms with E-state index in [1.165, 1.54) is 17.0 Å². The van der Waals surface area contributed by atoms with Crippen molar-refractivity contribution in [1.82, 2.24) is 14.7 Å². The first kappa shape index (κ1) is 16.9. The Morgan fingerprint density at radius 3 is 2.52 bits per heavy atom. The number of likely N-dealkylation sites (N-methyl/N-ethyl adjacent to an activating group) is 1. The topological polar surface area (TPSA) is 55.2 Å². The van der Waals surface area contributed by atoms with Crippen LogP contribution < -0.4 is 0 Å². The molecule has 0 saturated heterocycles. The number of hydrogen-bond acceptors (Lipinski definition) is 3. The molecule has 5 nitrogen and oxygen atoms in total. The zero-order valence-electron chi connectivity index (χ0n) is 13.8. The Hall–Kier alpha value is -2.50. The third-order valence-corrected chi connectivity index (χ3v) is 3.86. The number of Topliss-reactive ketones (excluding diaryl/α,β-unsaturated/α-hetero) is 1. The van der Waals surface area contributed by atoms with Gasteiger partial charge < -0.3 is 4.90 Å². The molecule has 1 heterocycles. The number of ketones is 1. The highest BCUT2D eigenvalue weighted by Gasteiger charge is 2.27. The largest absolute Gasteiger partial charge is 0.332 e. The molecule has 2 aromatic rings. The minimum absolute atomic E-state index is 0.192. The van der Waals surface area contributed by atoms with Crippen LogP contribution in [0.5, 0.6) is 0 Å². The fraction of sp³-hybridized carbons (Fsp3) is 0.353. The number of amides is 1. The SMILES string of the molecule is CCN(Cc1cccc(F)c1)C(=O)C(=O)c1c(C)nn(C)c1C. The first-order chi connectivity index (χ1) is 10.8. The second kappa shape index (κ2) is 6.73. The lowest BCUT2D eigenvalue weighted by molar-refractivity contribution is -0.126. The van der Waals surface area contributed by atoms with Crippen molar-refractivity contribution in [2.45, 2.75) is 27.3 Å². The van der Waals surface area contributed by atoms with Gasteiger partial charge in [0.05, 0.1) is 11.3 Å². The Balaban J connectivity index is 2.24. The van der Waals surface area contributed by atoms with E-state index in [1.54, 1.807) is 44.6 Å². The van der Waals surface area contributed by atoms with E-state index in [2.05, 4.69) is 5.10 Å². The van der Waals surface area contributed by atoms with Gasteiger partial charge in [-0.05, 0) is 38.5 Å². The number of rotatable bonds is 5. The maximum Gasteiger partial charge on any atom is 0.295 e. The lowest BCUT2D eigenvalue weighted by Crippen LogP contribution is -2.36. The summed E-state index contributed by atoms with van der Waals surface area (Å²) < 4.78 is 14.9. The summed E-state index contributed by atoms with van der Waals surface area (Å²) in [5.74, 6) is -1.54. The molecule has 2 rings (SSSR count). The van der Waals surface area contributed by atoms with Crippen molar-refractivity contribution >= 4 is 11.7 Å². The van der Waals surface area contributed by atoms with Gasteiger partial charge in [-0.1, -0.05) is 12.1 Å². The Bertz CT molecular complexity index is 752. The highest BCUT2D eigenvalue weighted by atomic mass is 19.1. The highest BCUT2D eigenvalue weighted by molar-refractivity contribution is 6.43. The summed E-state index contributed by atoms with van der Waals surface area (Å²) >= 11 is 0. The average Bonchev–Trinajstić information content (AvgIpc) is 2.76. The second-order valence-corrected chi connectivity index (χ2v) is 5.45. The molecule has 0 spiro atoms. The fourth-order valence-electron chi connectivity index (χ4n) is 2.54. The van der Waals surface area contributed by atoms with Crippen LogP contribution >= 0.6 is 0 Å². The molecule has 1 aromatic heterocycles. The summed E-state index contributed by atoms with van der Waals surface area (Å²) in [4.78, 5) is 26.5. The molecule has 6 heteroatoms. The zero-order valence-corrected chi connectivity index (χ0v) is 13.8. The Morgan fingerprint density at radius 1 is 1.30 bits per heavy atom. The van der Waals surface area contributed by atoms with Crippen LogP contribution in [0.15, 0.2) is 24.3 Å². The molecule has 122 valence electrons. The molecule has 23 heavy (non-hydrogen) atoms. The van der Waals surface area contributed by atoms with Gasteiger partial charge in [0.1, 0.15) is 5.82 Å². The van der Waals surface area contributed by atoms with Crippen LogP contribution in [-0.4, -0.2) is 32.9 Å². The molecular formula is C17H20FN3O2. The molecule has 0 fully saturated rings. The van der Waals surface area contributed by atoms with Crippen molar-refractivity contribution in [3.63, 3.8) is 0 Å². The number of aromatic nitrogens is 2. The van der Waals surface area contributed by atoms with Gasteiger partial charge >= 0.3 is 0 Å². The maximum atomic E-state index is 13.3. The van der Waals surface area contributed by atoms with E-state index >= 15 is 0 Å². The van der Waals surface area contributed by atoms with Gasteiger partial charge in [-0.3, -0.25) is 14.3 Å². The van der Waals surface area contributed by atoms with Crippen molar-refractivity contribution in [3.05, 3.63) is 52.6 Å². The maximum absolute atomic E-state index is 13.3. The summed E-state index contributed by atoms with van der Waals surface area (Å²) in [5, 5.41) is 4.17. The van der Waals surface area contributed by atoms with Crippen LogP contribution in [0, 0.1) is 19.7 Å². The van der Waals surface area contributed by atoms with E-state index in [-0.39, 0.29) is 12.4 Å². The first-order valence-corrected chi connectivity index (χ1v) is 7.43. The molecule has 0 N–H and O–H groups in total. The highest BCUT2D eigenvalue weighted by Crippen LogP contribution is 2.15. The quantitative estimate of drug-likeness (QED) is 0.628. The summed E-state index contributed by atoms with van der Waals surface area (Å²) in [5.41, 5.74) is 2.18. The first-order valence-electron chi connectivity index (χ1n) is 7.43. The van der Waals surface area contributed by atoms with E-state index in [9.17, 15) is 14.0 Å². The average molecular weight is 317 g/mol. The minimum Gasteiger partial charge on any atom is -0.332 e. The molecule has 0 bridgehead atoms. The van der Waals surface area contributed by atoms with Crippen molar-refractivity contribution in [1.29, 1.82) is 0 Å². The predicted octanol–water partition coefficient (Wildman–Crippen LogP) is 2.41. The van der Waals surface area contributed by atoms with Crippen molar-refractivity contribution < 1.29 is 14.0 Å². The van der Waals surface area contributed by atoms with Crippen LogP contribution in [0.4, 0.5) is 4.39 Å². The van der Waals surface area contributed by atoms with Gasteiger partial charge in [0, 0.05) is 25.8 Å². The number of hydrogen-bond donors (Lipinski definition) is 0. The van der Waals surface area contributed by atoms with E-state index in [0.717, 1.165) is 0 Å². The molecule has 1 aromatic carbocycles. The third kappa shape index (κ3) is 3.47. The Labute approximate surface area is 134 Å². The van der Waals surface area contributed by atoms with E-state index in [0.29, 0.717) is 29.1 Å². The Kier molecular flexibility index (Phi) is 4.93. The van der Waals surface area contributed by atoms with E-state index in [1.807, 2.05) is 0 Å². The summed E-state index contributed by atoms with van der Waals surface area (Å²) in [6, 6.07) is 6.01. The number of carbonyl (C=O) groups excluding carboxylic acids is 2. The fourth-order valence-corrected chi connectivity index (χ4v) is 2.54. The van der Waals surface area contributed by atoms with Crippen LogP contribution in [0.3, 0.4) is 0 Å². The van der Waals surface area contributed by atoms with Gasteiger partial charge in [-0.15, -0.1) is 0 Å². The van der Waals surface area contributed by atoms with Crippen molar-refractivity contribution in [2.75, 3.05) is 6.54 Å². The van der Waals surface area contributed by atoms with Gasteiger partial charge in [-0.25, -0.2) is 4.39 Å². The van der Waals surface area contributed by atoms with Crippen molar-refractivity contribution in [3.8, 4) is 0 Å². The van der Waals surface area contributed by atoms with E-state index < -0.39 is 11.7 Å². The molecule has 0 radical (unpaired) electrons. The number of nitrogens with zero attached hydrogens (tertiary/aromatic N) is 3. The molecule has 0 aliphatic carbocycles. The number of benzene rings is 1. The Morgan fingerprint density at radius 2 is 2.00 bits per heavy atom. The van der Waals surface area contributed by atoms with E-state index in [4.69, 9.17) is 0 Å². The number of halogens is 1. The molecule has 0 aliphatic rings. The standard InChI is InChI=1S/C17H20FN3O2/c1-5-21(10-13-7-6-8-14(18)9-13)17(23)16(22)15-11(2)19-20(4)12(15)3/h6-9H,5,10H2,1-4H3. The minimum atomic E-state index is -0.601. The summed E-state index contributed by atoms with van der Waals surface area (Å²) in [6.07, 6.45) is 0. The molecule has 0 saturated carbocycles.